The van der Waals surface area contributed by atoms with Crippen LogP contribution in [0.3, 0.4) is 0 Å². The van der Waals surface area contributed by atoms with Crippen molar-refractivity contribution in [2.24, 2.45) is 5.92 Å². The number of amides is 1. The van der Waals surface area contributed by atoms with Crippen molar-refractivity contribution in [3.05, 3.63) is 29.8 Å². The molecular formula is C11H13NO2. The lowest BCUT2D eigenvalue weighted by molar-refractivity contribution is -0.118. The Morgan fingerprint density at radius 1 is 1.43 bits per heavy atom. The SMILES string of the molecule is CC(C)C(=O)Nc1cccc(C=O)c1. The van der Waals surface area contributed by atoms with Crippen molar-refractivity contribution in [3.8, 4) is 0 Å². The second-order valence-corrected chi connectivity index (χ2v) is 3.39. The quantitative estimate of drug-likeness (QED) is 0.743. The van der Waals surface area contributed by atoms with Crippen LogP contribution >= 0.6 is 0 Å². The standard InChI is InChI=1S/C11H13NO2/c1-8(2)11(14)12-10-5-3-4-9(6-10)7-13/h3-8H,1-2H3,(H,12,14). The van der Waals surface area contributed by atoms with E-state index < -0.39 is 0 Å². The molecule has 3 nitrogen and oxygen atoms in total. The zero-order valence-corrected chi connectivity index (χ0v) is 8.28. The van der Waals surface area contributed by atoms with Gasteiger partial charge in [-0.15, -0.1) is 0 Å². The molecule has 0 radical (unpaired) electrons. The third-order valence-electron chi connectivity index (χ3n) is 1.81. The van der Waals surface area contributed by atoms with Crippen molar-refractivity contribution in [2.45, 2.75) is 13.8 Å². The maximum Gasteiger partial charge on any atom is 0.226 e. The molecule has 0 unspecified atom stereocenters. The first-order chi connectivity index (χ1) is 6.63. The van der Waals surface area contributed by atoms with Crippen LogP contribution in [-0.4, -0.2) is 12.2 Å². The van der Waals surface area contributed by atoms with E-state index in [-0.39, 0.29) is 11.8 Å². The fourth-order valence-corrected chi connectivity index (χ4v) is 0.976. The van der Waals surface area contributed by atoms with Crippen LogP contribution in [0.15, 0.2) is 24.3 Å². The number of rotatable bonds is 3. The van der Waals surface area contributed by atoms with E-state index in [1.54, 1.807) is 24.3 Å². The van der Waals surface area contributed by atoms with Crippen molar-refractivity contribution in [1.29, 1.82) is 0 Å². The largest absolute Gasteiger partial charge is 0.326 e. The van der Waals surface area contributed by atoms with Crippen LogP contribution < -0.4 is 5.32 Å². The number of hydrogen-bond donors (Lipinski definition) is 1. The van der Waals surface area contributed by atoms with Gasteiger partial charge in [-0.1, -0.05) is 26.0 Å². The van der Waals surface area contributed by atoms with Gasteiger partial charge in [0, 0.05) is 17.2 Å². The monoisotopic (exact) mass is 191 g/mol. The Morgan fingerprint density at radius 2 is 2.14 bits per heavy atom. The molecule has 1 rings (SSSR count). The Balaban J connectivity index is 2.76. The van der Waals surface area contributed by atoms with Gasteiger partial charge in [0.05, 0.1) is 0 Å². The zero-order valence-electron chi connectivity index (χ0n) is 8.28. The van der Waals surface area contributed by atoms with Gasteiger partial charge in [-0.2, -0.15) is 0 Å². The summed E-state index contributed by atoms with van der Waals surface area (Å²) in [7, 11) is 0. The van der Waals surface area contributed by atoms with Gasteiger partial charge in [0.1, 0.15) is 6.29 Å². The van der Waals surface area contributed by atoms with E-state index >= 15 is 0 Å². The van der Waals surface area contributed by atoms with Crippen molar-refractivity contribution >= 4 is 17.9 Å². The van der Waals surface area contributed by atoms with Gasteiger partial charge in [-0.25, -0.2) is 0 Å². The Hall–Kier alpha value is -1.64. The first kappa shape index (κ1) is 10.4. The lowest BCUT2D eigenvalue weighted by Crippen LogP contribution is -2.17. The molecule has 0 saturated carbocycles. The van der Waals surface area contributed by atoms with Crippen LogP contribution in [0.5, 0.6) is 0 Å². The Labute approximate surface area is 83.1 Å². The second-order valence-electron chi connectivity index (χ2n) is 3.39. The molecule has 3 heteroatoms. The fourth-order valence-electron chi connectivity index (χ4n) is 0.976. The highest BCUT2D eigenvalue weighted by Crippen LogP contribution is 2.10. The number of hydrogen-bond acceptors (Lipinski definition) is 2. The Kier molecular flexibility index (Phi) is 3.40. The predicted octanol–water partition coefficient (Wildman–Crippen LogP) is 2.09. The van der Waals surface area contributed by atoms with Crippen molar-refractivity contribution < 1.29 is 9.59 Å². The number of benzene rings is 1. The van der Waals surface area contributed by atoms with Gasteiger partial charge in [0.25, 0.3) is 0 Å². The molecule has 0 spiro atoms. The molecule has 1 aromatic rings. The van der Waals surface area contributed by atoms with Crippen molar-refractivity contribution in [1.82, 2.24) is 0 Å². The van der Waals surface area contributed by atoms with E-state index in [9.17, 15) is 9.59 Å². The molecule has 0 aliphatic heterocycles. The Morgan fingerprint density at radius 3 is 2.71 bits per heavy atom. The summed E-state index contributed by atoms with van der Waals surface area (Å²) in [5, 5.41) is 2.72. The molecular weight excluding hydrogens is 178 g/mol. The van der Waals surface area contributed by atoms with E-state index in [1.165, 1.54) is 0 Å². The Bertz CT molecular complexity index is 345. The minimum Gasteiger partial charge on any atom is -0.326 e. The van der Waals surface area contributed by atoms with E-state index in [0.29, 0.717) is 11.3 Å². The lowest BCUT2D eigenvalue weighted by Gasteiger charge is -2.07. The topological polar surface area (TPSA) is 46.2 Å². The molecule has 0 aliphatic carbocycles. The fraction of sp³-hybridized carbons (Fsp3) is 0.273. The average Bonchev–Trinajstić information content (AvgIpc) is 2.18. The molecule has 0 heterocycles. The first-order valence-electron chi connectivity index (χ1n) is 4.49. The molecule has 1 N–H and O–H groups in total. The van der Waals surface area contributed by atoms with Gasteiger partial charge in [-0.3, -0.25) is 9.59 Å². The predicted molar refractivity (Wildman–Crippen MR) is 55.3 cm³/mol. The molecule has 0 saturated heterocycles. The van der Waals surface area contributed by atoms with Crippen LogP contribution in [-0.2, 0) is 4.79 Å². The maximum absolute atomic E-state index is 11.3. The third kappa shape index (κ3) is 2.69. The molecule has 0 atom stereocenters. The van der Waals surface area contributed by atoms with Crippen molar-refractivity contribution in [3.63, 3.8) is 0 Å². The van der Waals surface area contributed by atoms with Gasteiger partial charge in [0.15, 0.2) is 0 Å². The highest BCUT2D eigenvalue weighted by atomic mass is 16.1. The first-order valence-corrected chi connectivity index (χ1v) is 4.49. The summed E-state index contributed by atoms with van der Waals surface area (Å²) in [6.45, 7) is 3.64. The summed E-state index contributed by atoms with van der Waals surface area (Å²) in [5.41, 5.74) is 1.22. The molecule has 74 valence electrons. The van der Waals surface area contributed by atoms with E-state index in [1.807, 2.05) is 13.8 Å². The molecule has 0 fully saturated rings. The summed E-state index contributed by atoms with van der Waals surface area (Å²) < 4.78 is 0. The third-order valence-corrected chi connectivity index (χ3v) is 1.81. The van der Waals surface area contributed by atoms with Gasteiger partial charge >= 0.3 is 0 Å². The minimum absolute atomic E-state index is 0.0481. The summed E-state index contributed by atoms with van der Waals surface area (Å²) >= 11 is 0. The smallest absolute Gasteiger partial charge is 0.226 e. The average molecular weight is 191 g/mol. The van der Waals surface area contributed by atoms with Gasteiger partial charge in [0.2, 0.25) is 5.91 Å². The second kappa shape index (κ2) is 4.56. The lowest BCUT2D eigenvalue weighted by atomic mass is 10.2. The van der Waals surface area contributed by atoms with E-state index in [0.717, 1.165) is 6.29 Å². The summed E-state index contributed by atoms with van der Waals surface area (Å²) in [5.74, 6) is -0.108. The number of anilines is 1. The zero-order chi connectivity index (χ0) is 10.6. The summed E-state index contributed by atoms with van der Waals surface area (Å²) in [4.78, 5) is 21.8. The summed E-state index contributed by atoms with van der Waals surface area (Å²) in [6.07, 6.45) is 0.755. The van der Waals surface area contributed by atoms with Crippen LogP contribution in [0.4, 0.5) is 5.69 Å². The molecule has 0 bridgehead atoms. The molecule has 0 aromatic heterocycles. The van der Waals surface area contributed by atoms with Crippen molar-refractivity contribution in [2.75, 3.05) is 5.32 Å². The molecule has 14 heavy (non-hydrogen) atoms. The molecule has 0 aliphatic rings. The van der Waals surface area contributed by atoms with E-state index in [2.05, 4.69) is 5.32 Å². The van der Waals surface area contributed by atoms with Gasteiger partial charge < -0.3 is 5.32 Å². The number of carbonyl (C=O) groups is 2. The van der Waals surface area contributed by atoms with Crippen LogP contribution in [0.2, 0.25) is 0 Å². The number of carbonyl (C=O) groups excluding carboxylic acids is 2. The van der Waals surface area contributed by atoms with Crippen LogP contribution in [0.1, 0.15) is 24.2 Å². The molecule has 1 amide bonds. The normalized spacial score (nSPS) is 9.93. The highest BCUT2D eigenvalue weighted by molar-refractivity contribution is 5.92. The number of nitrogens with one attached hydrogen (secondary N) is 1. The minimum atomic E-state index is -0.0603. The van der Waals surface area contributed by atoms with Crippen LogP contribution in [0.25, 0.3) is 0 Å². The maximum atomic E-state index is 11.3. The van der Waals surface area contributed by atoms with Gasteiger partial charge in [-0.05, 0) is 12.1 Å². The highest BCUT2D eigenvalue weighted by Gasteiger charge is 2.06. The summed E-state index contributed by atoms with van der Waals surface area (Å²) in [6, 6.07) is 6.83. The van der Waals surface area contributed by atoms with E-state index in [4.69, 9.17) is 0 Å². The number of aldehydes is 1. The van der Waals surface area contributed by atoms with Crippen LogP contribution in [0, 0.1) is 5.92 Å². The molecule has 1 aromatic carbocycles.